The molecule has 1 unspecified atom stereocenters. The average Bonchev–Trinajstić information content (AvgIpc) is 2.99. The molecule has 14 nitrogen and oxygen atoms in total. The summed E-state index contributed by atoms with van der Waals surface area (Å²) in [5.74, 6) is -2.20. The molecule has 0 aromatic rings. The van der Waals surface area contributed by atoms with E-state index in [1.54, 1.807) is 6.92 Å². The fourth-order valence-electron chi connectivity index (χ4n) is 3.01. The summed E-state index contributed by atoms with van der Waals surface area (Å²) in [4.78, 5) is 0. The number of hydrogen-bond acceptors (Lipinski definition) is 14. The molecule has 0 aliphatic carbocycles. The molecule has 2 rings (SSSR count). The molecule has 0 saturated carbocycles. The van der Waals surface area contributed by atoms with Crippen molar-refractivity contribution >= 4 is 0 Å². The van der Waals surface area contributed by atoms with Crippen molar-refractivity contribution in [3.8, 4) is 0 Å². The van der Waals surface area contributed by atoms with Crippen molar-refractivity contribution in [1.29, 1.82) is 0 Å². The maximum atomic E-state index is 10.4. The summed E-state index contributed by atoms with van der Waals surface area (Å²) >= 11 is 0. The van der Waals surface area contributed by atoms with Crippen molar-refractivity contribution in [3.05, 3.63) is 0 Å². The Morgan fingerprint density at radius 1 is 0.871 bits per heavy atom. The number of rotatable bonds is 9. The van der Waals surface area contributed by atoms with Crippen LogP contribution in [0.3, 0.4) is 0 Å². The van der Waals surface area contributed by atoms with Gasteiger partial charge in [0.15, 0.2) is 6.29 Å². The highest BCUT2D eigenvalue weighted by molar-refractivity contribution is 4.98. The molecule has 14 heteroatoms. The lowest BCUT2D eigenvalue weighted by Gasteiger charge is -2.43. The van der Waals surface area contributed by atoms with Gasteiger partial charge < -0.3 is 70.0 Å². The van der Waals surface area contributed by atoms with Crippen LogP contribution in [0.4, 0.5) is 0 Å². The molecule has 10 atom stereocenters. The first-order valence-electron chi connectivity index (χ1n) is 9.72. The van der Waals surface area contributed by atoms with Gasteiger partial charge in [-0.3, -0.25) is 0 Å². The monoisotopic (exact) mass is 462 g/mol. The molecule has 31 heavy (non-hydrogen) atoms. The molecule has 2 fully saturated rings. The lowest BCUT2D eigenvalue weighted by Crippen LogP contribution is -2.62. The Morgan fingerprint density at radius 2 is 1.45 bits per heavy atom. The van der Waals surface area contributed by atoms with Crippen LogP contribution in [-0.2, 0) is 18.9 Å². The van der Waals surface area contributed by atoms with Gasteiger partial charge in [0.05, 0.1) is 26.4 Å². The minimum Gasteiger partial charge on any atom is -0.397 e. The van der Waals surface area contributed by atoms with Crippen molar-refractivity contribution in [2.45, 2.75) is 67.8 Å². The Labute approximate surface area is 178 Å². The van der Waals surface area contributed by atoms with Crippen LogP contribution < -0.4 is 0 Å². The summed E-state index contributed by atoms with van der Waals surface area (Å²) in [5, 5.41) is 94.6. The zero-order valence-electron chi connectivity index (χ0n) is 17.0. The molecule has 2 aliphatic rings. The van der Waals surface area contributed by atoms with E-state index in [1.807, 2.05) is 0 Å². The summed E-state index contributed by atoms with van der Waals surface area (Å²) in [6.45, 7) is -1.12. The first kappa shape index (κ1) is 28.5. The molecule has 186 valence electrons. The van der Waals surface area contributed by atoms with E-state index in [-0.39, 0.29) is 6.61 Å². The smallest absolute Gasteiger partial charge is 0.224 e. The predicted molar refractivity (Wildman–Crippen MR) is 98.2 cm³/mol. The van der Waals surface area contributed by atoms with Gasteiger partial charge in [-0.2, -0.15) is 0 Å². The van der Waals surface area contributed by atoms with E-state index in [9.17, 15) is 40.9 Å². The molecular weight excluding hydrogens is 428 g/mol. The van der Waals surface area contributed by atoms with E-state index < -0.39 is 93.9 Å². The topological polar surface area (TPSA) is 239 Å². The van der Waals surface area contributed by atoms with Crippen molar-refractivity contribution in [2.75, 3.05) is 39.6 Å². The molecule has 10 N–H and O–H groups in total. The maximum Gasteiger partial charge on any atom is 0.224 e. The largest absolute Gasteiger partial charge is 0.397 e. The molecule has 0 bridgehead atoms. The van der Waals surface area contributed by atoms with Crippen LogP contribution in [0, 0.1) is 0 Å². The van der Waals surface area contributed by atoms with Crippen LogP contribution in [-0.4, -0.2) is 152 Å². The zero-order chi connectivity index (χ0) is 23.8. The van der Waals surface area contributed by atoms with E-state index in [0.29, 0.717) is 0 Å². The second kappa shape index (κ2) is 13.2. The third kappa shape index (κ3) is 6.96. The van der Waals surface area contributed by atoms with Crippen LogP contribution in [0.1, 0.15) is 6.92 Å². The Hall–Kier alpha value is -0.560. The minimum atomic E-state index is -2.20. The van der Waals surface area contributed by atoms with E-state index in [2.05, 4.69) is 0 Å². The number of aliphatic hydroxyl groups is 10. The highest BCUT2D eigenvalue weighted by Gasteiger charge is 2.58. The Morgan fingerprint density at radius 3 is 1.94 bits per heavy atom. The number of ether oxygens (including phenoxy) is 4. The molecule has 2 saturated heterocycles. The fraction of sp³-hybridized carbons (Fsp3) is 1.00. The molecule has 2 heterocycles. The minimum absolute atomic E-state index is 0.250. The Kier molecular flexibility index (Phi) is 12.1. The third-order valence-corrected chi connectivity index (χ3v) is 4.67. The summed E-state index contributed by atoms with van der Waals surface area (Å²) in [6, 6.07) is 0. The SMILES string of the molecule is CCO.OCC(O)COC[C@@]1(O[C@H]2O[C@H](CO)[C@@H](O)[C@H](O)[C@H]2O)O[C@H](CO)[C@@H](O)[C@@H]1O. The predicted octanol–water partition coefficient (Wildman–Crippen LogP) is -6.02. The van der Waals surface area contributed by atoms with Gasteiger partial charge in [0.2, 0.25) is 5.79 Å². The molecule has 0 aromatic heterocycles. The molecule has 0 aromatic carbocycles. The first-order valence-corrected chi connectivity index (χ1v) is 9.72. The molecule has 2 aliphatic heterocycles. The van der Waals surface area contributed by atoms with E-state index in [0.717, 1.165) is 0 Å². The summed E-state index contributed by atoms with van der Waals surface area (Å²) in [5.41, 5.74) is 0. The second-order valence-corrected chi connectivity index (χ2v) is 7.07. The standard InChI is InChI=1S/C15H28O13.C2H6O/c16-1-6(19)4-25-5-15(13(24)10(21)8(3-18)27-15)28-14-12(23)11(22)9(20)7(2-17)26-14;1-2-3/h6-14,16-24H,1-5H2;3H,2H2,1H3/t6?,7-,8-,9-,10-,11+,12-,13+,14-,15+;/m1./s1. The van der Waals surface area contributed by atoms with Crippen LogP contribution in [0.15, 0.2) is 0 Å². The molecular formula is C17H34O14. The quantitative estimate of drug-likeness (QED) is 0.153. The Bertz CT molecular complexity index is 495. The van der Waals surface area contributed by atoms with Crippen molar-refractivity contribution in [1.82, 2.24) is 0 Å². The summed E-state index contributed by atoms with van der Waals surface area (Å²) in [6.07, 6.45) is -14.2. The third-order valence-electron chi connectivity index (χ3n) is 4.67. The van der Waals surface area contributed by atoms with Crippen LogP contribution in [0.5, 0.6) is 0 Å². The highest BCUT2D eigenvalue weighted by atomic mass is 16.8. The molecule has 0 spiro atoms. The lowest BCUT2D eigenvalue weighted by molar-refractivity contribution is -0.385. The molecule has 0 amide bonds. The lowest BCUT2D eigenvalue weighted by atomic mass is 9.99. The van der Waals surface area contributed by atoms with Gasteiger partial charge in [-0.1, -0.05) is 0 Å². The van der Waals surface area contributed by atoms with Crippen LogP contribution >= 0.6 is 0 Å². The van der Waals surface area contributed by atoms with Crippen molar-refractivity contribution < 1.29 is 70.0 Å². The van der Waals surface area contributed by atoms with E-state index in [4.69, 9.17) is 29.2 Å². The normalized spacial score (nSPS) is 41.5. The van der Waals surface area contributed by atoms with Crippen LogP contribution in [0.2, 0.25) is 0 Å². The van der Waals surface area contributed by atoms with Crippen LogP contribution in [0.25, 0.3) is 0 Å². The van der Waals surface area contributed by atoms with Gasteiger partial charge in [0, 0.05) is 6.61 Å². The maximum absolute atomic E-state index is 10.4. The Balaban J connectivity index is 0.00000151. The summed E-state index contributed by atoms with van der Waals surface area (Å²) < 4.78 is 21.2. The van der Waals surface area contributed by atoms with E-state index >= 15 is 0 Å². The number of hydrogen-bond donors (Lipinski definition) is 10. The average molecular weight is 462 g/mol. The number of aliphatic hydroxyl groups excluding tert-OH is 10. The van der Waals surface area contributed by atoms with Crippen molar-refractivity contribution in [3.63, 3.8) is 0 Å². The van der Waals surface area contributed by atoms with Crippen molar-refractivity contribution in [2.24, 2.45) is 0 Å². The van der Waals surface area contributed by atoms with Gasteiger partial charge in [-0.25, -0.2) is 0 Å². The fourth-order valence-corrected chi connectivity index (χ4v) is 3.01. The van der Waals surface area contributed by atoms with Gasteiger partial charge in [0.1, 0.15) is 55.4 Å². The van der Waals surface area contributed by atoms with E-state index in [1.165, 1.54) is 0 Å². The highest BCUT2D eigenvalue weighted by Crippen LogP contribution is 2.36. The summed E-state index contributed by atoms with van der Waals surface area (Å²) in [7, 11) is 0. The van der Waals surface area contributed by atoms with Gasteiger partial charge in [-0.15, -0.1) is 0 Å². The first-order chi connectivity index (χ1) is 14.6. The second-order valence-electron chi connectivity index (χ2n) is 7.07. The van der Waals surface area contributed by atoms with Gasteiger partial charge >= 0.3 is 0 Å². The zero-order valence-corrected chi connectivity index (χ0v) is 17.0. The molecule has 0 radical (unpaired) electrons. The van der Waals surface area contributed by atoms with Gasteiger partial charge in [-0.05, 0) is 6.92 Å². The van der Waals surface area contributed by atoms with Gasteiger partial charge in [0.25, 0.3) is 0 Å².